The molecular weight excluding hydrogens is 188 g/mol. The molecule has 1 N–H and O–H groups in total. The minimum atomic E-state index is 0.0769. The Hall–Kier alpha value is -0.120. The monoisotopic (exact) mass is 212 g/mol. The summed E-state index contributed by atoms with van der Waals surface area (Å²) in [5.74, 6) is 0. The molecule has 3 nitrogen and oxygen atoms in total. The Kier molecular flexibility index (Phi) is 3.33. The highest BCUT2D eigenvalue weighted by molar-refractivity contribution is 4.92. The van der Waals surface area contributed by atoms with Crippen molar-refractivity contribution in [1.82, 2.24) is 10.2 Å². The molecule has 2 rings (SSSR count). The van der Waals surface area contributed by atoms with Crippen LogP contribution in [-0.4, -0.2) is 48.8 Å². The number of hydrogen-bond donors (Lipinski definition) is 1. The van der Waals surface area contributed by atoms with E-state index in [1.165, 1.54) is 32.5 Å². The summed E-state index contributed by atoms with van der Waals surface area (Å²) < 4.78 is 5.78. The van der Waals surface area contributed by atoms with Gasteiger partial charge in [0.1, 0.15) is 0 Å². The van der Waals surface area contributed by atoms with E-state index in [0.717, 1.165) is 18.7 Å². The van der Waals surface area contributed by atoms with Crippen molar-refractivity contribution < 1.29 is 4.74 Å². The Morgan fingerprint density at radius 1 is 1.33 bits per heavy atom. The molecule has 3 heteroatoms. The summed E-state index contributed by atoms with van der Waals surface area (Å²) in [5, 5.41) is 3.36. The fraction of sp³-hybridized carbons (Fsp3) is 1.00. The van der Waals surface area contributed by atoms with E-state index < -0.39 is 0 Å². The first-order chi connectivity index (χ1) is 7.12. The van der Waals surface area contributed by atoms with Gasteiger partial charge in [0.05, 0.1) is 5.60 Å². The van der Waals surface area contributed by atoms with Crippen LogP contribution in [0.1, 0.15) is 33.6 Å². The van der Waals surface area contributed by atoms with Crippen LogP contribution in [0.25, 0.3) is 0 Å². The van der Waals surface area contributed by atoms with Gasteiger partial charge in [0.25, 0.3) is 0 Å². The Morgan fingerprint density at radius 3 is 2.53 bits per heavy atom. The molecule has 2 fully saturated rings. The van der Waals surface area contributed by atoms with Crippen LogP contribution in [0, 0.1) is 0 Å². The zero-order chi connectivity index (χ0) is 10.9. The second-order valence-electron chi connectivity index (χ2n) is 5.40. The molecule has 0 spiro atoms. The van der Waals surface area contributed by atoms with E-state index in [4.69, 9.17) is 4.74 Å². The summed E-state index contributed by atoms with van der Waals surface area (Å²) in [6, 6.07) is 1.50. The van der Waals surface area contributed by atoms with Gasteiger partial charge >= 0.3 is 0 Å². The lowest BCUT2D eigenvalue weighted by molar-refractivity contribution is -0.0913. The van der Waals surface area contributed by atoms with Gasteiger partial charge in [-0.15, -0.1) is 0 Å². The molecule has 88 valence electrons. The van der Waals surface area contributed by atoms with E-state index in [2.05, 4.69) is 31.0 Å². The summed E-state index contributed by atoms with van der Waals surface area (Å²) >= 11 is 0. The maximum absolute atomic E-state index is 5.78. The molecule has 15 heavy (non-hydrogen) atoms. The summed E-state index contributed by atoms with van der Waals surface area (Å²) in [4.78, 5) is 2.67. The summed E-state index contributed by atoms with van der Waals surface area (Å²) in [5.41, 5.74) is 0.0769. The van der Waals surface area contributed by atoms with Crippen LogP contribution in [-0.2, 0) is 4.74 Å². The normalized spacial score (nSPS) is 31.6. The highest BCUT2D eigenvalue weighted by Crippen LogP contribution is 2.28. The van der Waals surface area contributed by atoms with Crippen LogP contribution in [0.3, 0.4) is 0 Å². The van der Waals surface area contributed by atoms with Gasteiger partial charge in [0, 0.05) is 31.8 Å². The molecule has 0 aliphatic carbocycles. The van der Waals surface area contributed by atoms with Crippen LogP contribution in [0.5, 0.6) is 0 Å². The molecule has 2 aliphatic heterocycles. The lowest BCUT2D eigenvalue weighted by Crippen LogP contribution is -2.61. The summed E-state index contributed by atoms with van der Waals surface area (Å²) in [6.07, 6.45) is 2.38. The molecule has 0 bridgehead atoms. The lowest BCUT2D eigenvalue weighted by Gasteiger charge is -2.47. The number of nitrogens with zero attached hydrogens (tertiary/aromatic N) is 1. The third kappa shape index (κ3) is 2.52. The molecule has 2 heterocycles. The topological polar surface area (TPSA) is 24.5 Å². The summed E-state index contributed by atoms with van der Waals surface area (Å²) in [6.45, 7) is 11.2. The second-order valence-corrected chi connectivity index (χ2v) is 5.40. The summed E-state index contributed by atoms with van der Waals surface area (Å²) in [7, 11) is 0. The fourth-order valence-corrected chi connectivity index (χ4v) is 2.81. The lowest BCUT2D eigenvalue weighted by atomic mass is 9.91. The Balaban J connectivity index is 1.94. The molecule has 1 unspecified atom stereocenters. The van der Waals surface area contributed by atoms with Crippen LogP contribution in [0.2, 0.25) is 0 Å². The van der Waals surface area contributed by atoms with E-state index in [-0.39, 0.29) is 5.60 Å². The third-order valence-electron chi connectivity index (χ3n) is 3.73. The predicted octanol–water partition coefficient (Wildman–Crippen LogP) is 1.24. The number of hydrogen-bond acceptors (Lipinski definition) is 3. The number of likely N-dealkylation sites (N-methyl/N-ethyl adjacent to an activating group) is 1. The van der Waals surface area contributed by atoms with E-state index in [1.807, 2.05) is 0 Å². The highest BCUT2D eigenvalue weighted by atomic mass is 16.5. The van der Waals surface area contributed by atoms with Crippen LogP contribution in [0.15, 0.2) is 0 Å². The fourth-order valence-electron chi connectivity index (χ4n) is 2.81. The molecule has 2 saturated heterocycles. The average Bonchev–Trinajstić information content (AvgIpc) is 2.09. The van der Waals surface area contributed by atoms with Crippen molar-refractivity contribution in [2.24, 2.45) is 0 Å². The number of rotatable bonds is 3. The molecule has 0 aromatic carbocycles. The van der Waals surface area contributed by atoms with Crippen LogP contribution in [0.4, 0.5) is 0 Å². The minimum Gasteiger partial charge on any atom is -0.375 e. The van der Waals surface area contributed by atoms with Crippen molar-refractivity contribution in [1.29, 1.82) is 0 Å². The molecule has 0 aromatic rings. The molecule has 0 aromatic heterocycles. The van der Waals surface area contributed by atoms with Gasteiger partial charge in [0.2, 0.25) is 0 Å². The van der Waals surface area contributed by atoms with Crippen LogP contribution >= 0.6 is 0 Å². The smallest absolute Gasteiger partial charge is 0.0641 e. The molecular formula is C12H24N2O. The van der Waals surface area contributed by atoms with Crippen molar-refractivity contribution in [3.63, 3.8) is 0 Å². The van der Waals surface area contributed by atoms with Gasteiger partial charge in [-0.3, -0.25) is 4.90 Å². The largest absolute Gasteiger partial charge is 0.375 e. The van der Waals surface area contributed by atoms with Gasteiger partial charge in [-0.2, -0.15) is 0 Å². The molecule has 1 atom stereocenters. The number of ether oxygens (including phenoxy) is 1. The first-order valence-corrected chi connectivity index (χ1v) is 6.23. The average molecular weight is 212 g/mol. The second kappa shape index (κ2) is 4.40. The van der Waals surface area contributed by atoms with E-state index in [0.29, 0.717) is 0 Å². The van der Waals surface area contributed by atoms with Crippen molar-refractivity contribution >= 4 is 0 Å². The highest BCUT2D eigenvalue weighted by Gasteiger charge is 2.35. The molecule has 0 radical (unpaired) electrons. The minimum absolute atomic E-state index is 0.0769. The first-order valence-electron chi connectivity index (χ1n) is 6.23. The number of nitrogens with one attached hydrogen (secondary N) is 1. The van der Waals surface area contributed by atoms with Gasteiger partial charge in [0.15, 0.2) is 0 Å². The Bertz CT molecular complexity index is 214. The van der Waals surface area contributed by atoms with Crippen molar-refractivity contribution in [2.45, 2.75) is 51.3 Å². The zero-order valence-corrected chi connectivity index (χ0v) is 10.3. The zero-order valence-electron chi connectivity index (χ0n) is 10.3. The van der Waals surface area contributed by atoms with E-state index >= 15 is 0 Å². The van der Waals surface area contributed by atoms with Crippen molar-refractivity contribution in [2.75, 3.05) is 26.2 Å². The Labute approximate surface area is 93.2 Å². The van der Waals surface area contributed by atoms with E-state index in [1.54, 1.807) is 0 Å². The first kappa shape index (κ1) is 11.4. The maximum Gasteiger partial charge on any atom is 0.0641 e. The van der Waals surface area contributed by atoms with E-state index in [9.17, 15) is 0 Å². The quantitative estimate of drug-likeness (QED) is 0.762. The SMILES string of the molecule is CCN(C1CNC1)C1CCOC(C)(C)C1. The molecule has 0 amide bonds. The Morgan fingerprint density at radius 2 is 2.07 bits per heavy atom. The third-order valence-corrected chi connectivity index (χ3v) is 3.73. The predicted molar refractivity (Wildman–Crippen MR) is 62.1 cm³/mol. The van der Waals surface area contributed by atoms with Gasteiger partial charge in [-0.1, -0.05) is 6.92 Å². The standard InChI is InChI=1S/C12H24N2O/c1-4-14(11-8-13-9-11)10-5-6-15-12(2,3)7-10/h10-11,13H,4-9H2,1-3H3. The maximum atomic E-state index is 5.78. The van der Waals surface area contributed by atoms with Gasteiger partial charge < -0.3 is 10.1 Å². The van der Waals surface area contributed by atoms with Crippen molar-refractivity contribution in [3.8, 4) is 0 Å². The molecule has 0 saturated carbocycles. The van der Waals surface area contributed by atoms with Gasteiger partial charge in [-0.25, -0.2) is 0 Å². The molecule has 2 aliphatic rings. The van der Waals surface area contributed by atoms with Crippen molar-refractivity contribution in [3.05, 3.63) is 0 Å². The van der Waals surface area contributed by atoms with Crippen LogP contribution < -0.4 is 5.32 Å². The van der Waals surface area contributed by atoms with Gasteiger partial charge in [-0.05, 0) is 33.2 Å².